The quantitative estimate of drug-likeness (QED) is 0.142. The summed E-state index contributed by atoms with van der Waals surface area (Å²) >= 11 is 0. The van der Waals surface area contributed by atoms with Crippen molar-refractivity contribution in [2.45, 2.75) is 0 Å². The van der Waals surface area contributed by atoms with Crippen LogP contribution in [0.5, 0.6) is 0 Å². The highest BCUT2D eigenvalue weighted by Crippen LogP contribution is 2.44. The molecule has 8 aromatic carbocycles. The van der Waals surface area contributed by atoms with E-state index in [1.54, 1.807) is 0 Å². The van der Waals surface area contributed by atoms with Crippen LogP contribution in [-0.2, 0) is 0 Å². The van der Waals surface area contributed by atoms with Crippen LogP contribution in [-0.4, -0.2) is 4.57 Å². The molecule has 9 aromatic rings. The minimum absolute atomic E-state index is 0.591. The summed E-state index contributed by atoms with van der Waals surface area (Å²) in [5, 5.41) is 16.5. The summed E-state index contributed by atoms with van der Waals surface area (Å²) in [6.07, 6.45) is 0. The lowest BCUT2D eigenvalue weighted by Gasteiger charge is -2.18. The first-order chi connectivity index (χ1) is 24.2. The molecule has 0 amide bonds. The zero-order valence-corrected chi connectivity index (χ0v) is 26.4. The third-order valence-corrected chi connectivity index (χ3v) is 9.64. The Labute approximate surface area is 284 Å². The van der Waals surface area contributed by atoms with Crippen molar-refractivity contribution in [2.75, 3.05) is 0 Å². The van der Waals surface area contributed by atoms with Crippen molar-refractivity contribution < 1.29 is 0 Å². The van der Waals surface area contributed by atoms with Gasteiger partial charge in [-0.1, -0.05) is 127 Å². The molecule has 0 spiro atoms. The topological polar surface area (TPSA) is 33.1 Å². The Morgan fingerprint density at radius 2 is 1.00 bits per heavy atom. The number of hydrogen-bond acceptors (Lipinski definition) is 1. The van der Waals surface area contributed by atoms with Gasteiger partial charge in [0.2, 0.25) is 0 Å². The van der Waals surface area contributed by atoms with Crippen LogP contribution in [0.25, 0.3) is 87.3 Å². The van der Waals surface area contributed by atoms with Gasteiger partial charge >= 0.3 is 0 Å². The number of benzene rings is 8. The number of nitrogens with zero attached hydrogens (tertiary/aromatic N) is 3. The third kappa shape index (κ3) is 4.49. The summed E-state index contributed by atoms with van der Waals surface area (Å²) in [7, 11) is 0. The van der Waals surface area contributed by atoms with Crippen molar-refractivity contribution in [3.63, 3.8) is 0 Å². The molecule has 0 radical (unpaired) electrons. The maximum Gasteiger partial charge on any atom is 0.196 e. The van der Waals surface area contributed by atoms with E-state index in [9.17, 15) is 5.26 Å². The van der Waals surface area contributed by atoms with E-state index in [1.807, 2.05) is 36.4 Å². The average Bonchev–Trinajstić information content (AvgIpc) is 3.50. The maximum atomic E-state index is 9.54. The Balaban J connectivity index is 1.17. The molecule has 3 heteroatoms. The van der Waals surface area contributed by atoms with Gasteiger partial charge in [0.25, 0.3) is 0 Å². The molecule has 0 saturated heterocycles. The predicted octanol–water partition coefficient (Wildman–Crippen LogP) is 12.5. The number of hydrogen-bond donors (Lipinski definition) is 0. The Kier molecular flexibility index (Phi) is 6.58. The van der Waals surface area contributed by atoms with Crippen LogP contribution in [0, 0.1) is 17.9 Å². The van der Waals surface area contributed by atoms with Crippen LogP contribution in [0.3, 0.4) is 0 Å². The molecule has 0 fully saturated rings. The van der Waals surface area contributed by atoms with Gasteiger partial charge in [-0.25, -0.2) is 4.85 Å². The average molecular weight is 622 g/mol. The summed E-state index contributed by atoms with van der Waals surface area (Å²) in [6.45, 7) is 8.16. The molecule has 0 aliphatic heterocycles. The van der Waals surface area contributed by atoms with Crippen LogP contribution < -0.4 is 0 Å². The fourth-order valence-corrected chi connectivity index (χ4v) is 7.49. The van der Waals surface area contributed by atoms with E-state index in [4.69, 9.17) is 6.57 Å². The molecule has 49 heavy (non-hydrogen) atoms. The second-order valence-electron chi connectivity index (χ2n) is 12.3. The SMILES string of the molecule is [C-]#[N+]c1cc(-n2c3ccccc3c3cc(C#N)ccc32)ccc1-c1ccc(-c2c3ccccc3c(-c3ccccc3)c3ccccc23)cc1. The Bertz CT molecular complexity index is 2770. The molecule has 0 unspecified atom stereocenters. The van der Waals surface area contributed by atoms with Crippen LogP contribution >= 0.6 is 0 Å². The van der Waals surface area contributed by atoms with E-state index in [2.05, 4.69) is 143 Å². The van der Waals surface area contributed by atoms with Crippen LogP contribution in [0.4, 0.5) is 5.69 Å². The van der Waals surface area contributed by atoms with Crippen molar-refractivity contribution in [1.82, 2.24) is 4.57 Å². The van der Waals surface area contributed by atoms with Gasteiger partial charge in [-0.15, -0.1) is 0 Å². The first-order valence-electron chi connectivity index (χ1n) is 16.3. The van der Waals surface area contributed by atoms with Crippen molar-refractivity contribution in [3.8, 4) is 45.1 Å². The largest absolute Gasteiger partial charge is 0.311 e. The minimum atomic E-state index is 0.591. The fourth-order valence-electron chi connectivity index (χ4n) is 7.49. The van der Waals surface area contributed by atoms with E-state index < -0.39 is 0 Å². The monoisotopic (exact) mass is 621 g/mol. The van der Waals surface area contributed by atoms with Crippen LogP contribution in [0.15, 0.2) is 164 Å². The summed E-state index contributed by atoms with van der Waals surface area (Å²) in [4.78, 5) is 4.00. The number of nitriles is 1. The number of fused-ring (bicyclic) bond motifs is 5. The zero-order valence-electron chi connectivity index (χ0n) is 26.4. The van der Waals surface area contributed by atoms with Gasteiger partial charge < -0.3 is 4.57 Å². The molecule has 1 heterocycles. The standard InChI is InChI=1S/C46H27N3/c1-48-42-28-34(49-43-18-10-9-13-36(43)41-27-30(29-47)19-26-44(41)49)24-25-35(42)31-20-22-33(23-21-31)46-39-16-7-5-14-37(39)45(32-11-3-2-4-12-32)38-15-6-8-17-40(38)46/h2-28H. The molecule has 0 bridgehead atoms. The molecule has 0 aliphatic carbocycles. The molecule has 1 aromatic heterocycles. The highest BCUT2D eigenvalue weighted by molar-refractivity contribution is 6.21. The van der Waals surface area contributed by atoms with Crippen molar-refractivity contribution in [3.05, 3.63) is 181 Å². The van der Waals surface area contributed by atoms with E-state index >= 15 is 0 Å². The zero-order chi connectivity index (χ0) is 32.9. The smallest absolute Gasteiger partial charge is 0.196 e. The van der Waals surface area contributed by atoms with Gasteiger partial charge in [-0.2, -0.15) is 5.26 Å². The lowest BCUT2D eigenvalue weighted by Crippen LogP contribution is -1.94. The van der Waals surface area contributed by atoms with Crippen molar-refractivity contribution in [2.24, 2.45) is 0 Å². The van der Waals surface area contributed by atoms with Gasteiger partial charge in [-0.05, 0) is 91.3 Å². The molecule has 0 atom stereocenters. The number of aromatic nitrogens is 1. The lowest BCUT2D eigenvalue weighted by atomic mass is 9.85. The molecule has 0 N–H and O–H groups in total. The van der Waals surface area contributed by atoms with Crippen LogP contribution in [0.2, 0.25) is 0 Å². The first-order valence-corrected chi connectivity index (χ1v) is 16.3. The van der Waals surface area contributed by atoms with Crippen molar-refractivity contribution in [1.29, 1.82) is 5.26 Å². The van der Waals surface area contributed by atoms with Crippen molar-refractivity contribution >= 4 is 49.0 Å². The minimum Gasteiger partial charge on any atom is -0.311 e. The van der Waals surface area contributed by atoms with E-state index in [0.717, 1.165) is 44.2 Å². The Hall–Kier alpha value is -6.94. The van der Waals surface area contributed by atoms with Gasteiger partial charge in [0, 0.05) is 16.5 Å². The summed E-state index contributed by atoms with van der Waals surface area (Å²) in [5.74, 6) is 0. The Morgan fingerprint density at radius 1 is 0.469 bits per heavy atom. The summed E-state index contributed by atoms with van der Waals surface area (Å²) in [6, 6.07) is 59.1. The second-order valence-corrected chi connectivity index (χ2v) is 12.3. The summed E-state index contributed by atoms with van der Waals surface area (Å²) in [5.41, 5.74) is 10.9. The van der Waals surface area contributed by atoms with Crippen LogP contribution in [0.1, 0.15) is 5.56 Å². The summed E-state index contributed by atoms with van der Waals surface area (Å²) < 4.78 is 2.18. The third-order valence-electron chi connectivity index (χ3n) is 9.64. The molecule has 9 rings (SSSR count). The van der Waals surface area contributed by atoms with E-state index in [1.165, 1.54) is 38.2 Å². The second kappa shape index (κ2) is 11.4. The normalized spacial score (nSPS) is 11.2. The van der Waals surface area contributed by atoms with E-state index in [-0.39, 0.29) is 0 Å². The maximum absolute atomic E-state index is 9.54. The highest BCUT2D eigenvalue weighted by Gasteiger charge is 2.18. The van der Waals surface area contributed by atoms with E-state index in [0.29, 0.717) is 11.3 Å². The van der Waals surface area contributed by atoms with Gasteiger partial charge in [0.05, 0.1) is 29.2 Å². The fraction of sp³-hybridized carbons (Fsp3) is 0. The molecule has 0 saturated carbocycles. The molecular weight excluding hydrogens is 595 g/mol. The lowest BCUT2D eigenvalue weighted by molar-refractivity contribution is 1.18. The molecular formula is C46H27N3. The number of para-hydroxylation sites is 1. The first kappa shape index (κ1) is 28.3. The van der Waals surface area contributed by atoms with Gasteiger partial charge in [0.1, 0.15) is 0 Å². The van der Waals surface area contributed by atoms with Gasteiger partial charge in [0.15, 0.2) is 5.69 Å². The van der Waals surface area contributed by atoms with Gasteiger partial charge in [-0.3, -0.25) is 0 Å². The Morgan fingerprint density at radius 3 is 1.61 bits per heavy atom. The highest BCUT2D eigenvalue weighted by atomic mass is 15.0. The number of rotatable bonds is 4. The molecule has 226 valence electrons. The molecule has 3 nitrogen and oxygen atoms in total. The predicted molar refractivity (Wildman–Crippen MR) is 203 cm³/mol. The molecule has 0 aliphatic rings.